The SMILES string of the molecule is Br.CN(C(=O)CCCOc1ccc2c(c1)CN(CC(=O)N1CCOCC1)C(N)=N2)C1CCCCC1. The van der Waals surface area contributed by atoms with Crippen LogP contribution >= 0.6 is 17.0 Å². The quantitative estimate of drug-likeness (QED) is 0.498. The molecule has 1 aliphatic carbocycles. The first-order chi connectivity index (χ1) is 16.5. The Bertz CT molecular complexity index is 900. The number of rotatable bonds is 8. The van der Waals surface area contributed by atoms with E-state index in [1.807, 2.05) is 30.1 Å². The lowest BCUT2D eigenvalue weighted by molar-refractivity contribution is -0.135. The zero-order chi connectivity index (χ0) is 23.9. The summed E-state index contributed by atoms with van der Waals surface area (Å²) in [6.07, 6.45) is 7.14. The Morgan fingerprint density at radius 3 is 2.69 bits per heavy atom. The number of halogens is 1. The molecule has 1 aromatic rings. The number of hydrogen-bond acceptors (Lipinski definition) is 7. The number of aliphatic imine (C=N–C) groups is 1. The van der Waals surface area contributed by atoms with Crippen LogP contribution in [-0.4, -0.2) is 85.0 Å². The maximum Gasteiger partial charge on any atom is 0.242 e. The Labute approximate surface area is 218 Å². The number of guanidine groups is 1. The fourth-order valence-electron chi connectivity index (χ4n) is 4.84. The van der Waals surface area contributed by atoms with Crippen LogP contribution in [0.4, 0.5) is 5.69 Å². The van der Waals surface area contributed by atoms with E-state index in [-0.39, 0.29) is 35.3 Å². The van der Waals surface area contributed by atoms with E-state index in [0.717, 1.165) is 29.8 Å². The van der Waals surface area contributed by atoms with Crippen molar-refractivity contribution >= 4 is 40.4 Å². The molecular weight excluding hydrogens is 514 g/mol. The van der Waals surface area contributed by atoms with Gasteiger partial charge in [0.25, 0.3) is 0 Å². The van der Waals surface area contributed by atoms with Gasteiger partial charge in [0.1, 0.15) is 12.3 Å². The molecule has 35 heavy (non-hydrogen) atoms. The van der Waals surface area contributed by atoms with E-state index in [1.54, 1.807) is 9.80 Å². The largest absolute Gasteiger partial charge is 0.494 e. The zero-order valence-corrected chi connectivity index (χ0v) is 22.3. The third-order valence-corrected chi connectivity index (χ3v) is 6.98. The van der Waals surface area contributed by atoms with Gasteiger partial charge in [0.05, 0.1) is 25.5 Å². The maximum atomic E-state index is 12.6. The molecule has 2 heterocycles. The lowest BCUT2D eigenvalue weighted by Gasteiger charge is -2.32. The second-order valence-corrected chi connectivity index (χ2v) is 9.36. The second-order valence-electron chi connectivity index (χ2n) is 9.36. The molecule has 10 heteroatoms. The number of carbonyl (C=O) groups excluding carboxylic acids is 2. The number of hydrogen-bond donors (Lipinski definition) is 1. The van der Waals surface area contributed by atoms with Crippen molar-refractivity contribution in [1.82, 2.24) is 14.7 Å². The molecule has 0 radical (unpaired) electrons. The molecule has 2 amide bonds. The monoisotopic (exact) mass is 551 g/mol. The molecule has 1 aromatic carbocycles. The fraction of sp³-hybridized carbons (Fsp3) is 0.640. The minimum absolute atomic E-state index is 0. The Balaban J connectivity index is 0.00000342. The summed E-state index contributed by atoms with van der Waals surface area (Å²) in [5.74, 6) is 1.32. The van der Waals surface area contributed by atoms with Gasteiger partial charge in [0.15, 0.2) is 5.96 Å². The summed E-state index contributed by atoms with van der Waals surface area (Å²) in [5.41, 5.74) is 7.89. The van der Waals surface area contributed by atoms with Crippen LogP contribution < -0.4 is 10.5 Å². The highest BCUT2D eigenvalue weighted by molar-refractivity contribution is 8.93. The Hall–Kier alpha value is -2.33. The third kappa shape index (κ3) is 7.33. The van der Waals surface area contributed by atoms with E-state index in [1.165, 1.54) is 19.3 Å². The second kappa shape index (κ2) is 13.1. The highest BCUT2D eigenvalue weighted by atomic mass is 79.9. The van der Waals surface area contributed by atoms with Crippen molar-refractivity contribution in [2.24, 2.45) is 10.7 Å². The third-order valence-electron chi connectivity index (χ3n) is 6.98. The van der Waals surface area contributed by atoms with Crippen LogP contribution in [0.15, 0.2) is 23.2 Å². The summed E-state index contributed by atoms with van der Waals surface area (Å²) in [4.78, 5) is 35.2. The van der Waals surface area contributed by atoms with E-state index in [0.29, 0.717) is 64.3 Å². The molecular formula is C25H38BrN5O4. The van der Waals surface area contributed by atoms with Crippen LogP contribution in [0.25, 0.3) is 0 Å². The lowest BCUT2D eigenvalue weighted by Crippen LogP contribution is -2.49. The van der Waals surface area contributed by atoms with Crippen LogP contribution in [0.5, 0.6) is 5.75 Å². The molecule has 1 saturated carbocycles. The highest BCUT2D eigenvalue weighted by Crippen LogP contribution is 2.29. The minimum Gasteiger partial charge on any atom is -0.494 e. The maximum absolute atomic E-state index is 12.6. The smallest absolute Gasteiger partial charge is 0.242 e. The molecule has 0 unspecified atom stereocenters. The highest BCUT2D eigenvalue weighted by Gasteiger charge is 2.25. The van der Waals surface area contributed by atoms with Crippen molar-refractivity contribution in [2.75, 3.05) is 46.5 Å². The number of morpholine rings is 1. The van der Waals surface area contributed by atoms with Gasteiger partial charge in [-0.1, -0.05) is 19.3 Å². The molecule has 0 aromatic heterocycles. The minimum atomic E-state index is 0. The standard InChI is InChI=1S/C25H37N5O4.BrH/c1-28(20-6-3-2-4-7-20)23(31)8-5-13-34-21-9-10-22-19(16-21)17-30(25(26)27-22)18-24(32)29-11-14-33-15-12-29;/h9-10,16,20H,2-8,11-15,17-18H2,1H3,(H2,26,27);1H. The van der Waals surface area contributed by atoms with Crippen LogP contribution in [0.3, 0.4) is 0 Å². The average molecular weight is 553 g/mol. The molecule has 2 N–H and O–H groups in total. The van der Waals surface area contributed by atoms with Gasteiger partial charge in [0, 0.05) is 44.7 Å². The normalized spacial score (nSPS) is 18.3. The Morgan fingerprint density at radius 1 is 1.20 bits per heavy atom. The van der Waals surface area contributed by atoms with Gasteiger partial charge in [-0.15, -0.1) is 17.0 Å². The van der Waals surface area contributed by atoms with Crippen molar-refractivity contribution in [3.63, 3.8) is 0 Å². The number of nitrogens with zero attached hydrogens (tertiary/aromatic N) is 4. The Morgan fingerprint density at radius 2 is 1.94 bits per heavy atom. The van der Waals surface area contributed by atoms with Gasteiger partial charge in [0.2, 0.25) is 11.8 Å². The van der Waals surface area contributed by atoms with E-state index < -0.39 is 0 Å². The summed E-state index contributed by atoms with van der Waals surface area (Å²) >= 11 is 0. The first kappa shape index (κ1) is 27.3. The van der Waals surface area contributed by atoms with Gasteiger partial charge >= 0.3 is 0 Å². The van der Waals surface area contributed by atoms with Gasteiger partial charge in [-0.05, 0) is 37.5 Å². The van der Waals surface area contributed by atoms with Crippen LogP contribution in [0.2, 0.25) is 0 Å². The number of nitrogens with two attached hydrogens (primary N) is 1. The molecule has 3 aliphatic rings. The zero-order valence-electron chi connectivity index (χ0n) is 20.6. The number of ether oxygens (including phenoxy) is 2. The summed E-state index contributed by atoms with van der Waals surface area (Å²) in [6, 6.07) is 6.11. The van der Waals surface area contributed by atoms with Gasteiger partial charge < -0.3 is 29.9 Å². The van der Waals surface area contributed by atoms with Gasteiger partial charge in [-0.3, -0.25) is 9.59 Å². The first-order valence-electron chi connectivity index (χ1n) is 12.5. The lowest BCUT2D eigenvalue weighted by atomic mass is 9.94. The average Bonchev–Trinajstić information content (AvgIpc) is 2.87. The molecule has 9 nitrogen and oxygen atoms in total. The molecule has 0 spiro atoms. The van der Waals surface area contributed by atoms with E-state index >= 15 is 0 Å². The van der Waals surface area contributed by atoms with E-state index in [2.05, 4.69) is 4.99 Å². The van der Waals surface area contributed by atoms with Crippen molar-refractivity contribution in [2.45, 2.75) is 57.5 Å². The van der Waals surface area contributed by atoms with Crippen molar-refractivity contribution in [3.8, 4) is 5.75 Å². The van der Waals surface area contributed by atoms with E-state index in [9.17, 15) is 9.59 Å². The van der Waals surface area contributed by atoms with E-state index in [4.69, 9.17) is 15.2 Å². The predicted molar refractivity (Wildman–Crippen MR) is 140 cm³/mol. The molecule has 4 rings (SSSR count). The molecule has 0 atom stereocenters. The van der Waals surface area contributed by atoms with Crippen LogP contribution in [-0.2, 0) is 20.9 Å². The molecule has 2 fully saturated rings. The van der Waals surface area contributed by atoms with Gasteiger partial charge in [-0.2, -0.15) is 0 Å². The van der Waals surface area contributed by atoms with Crippen LogP contribution in [0, 0.1) is 0 Å². The molecule has 2 aliphatic heterocycles. The molecule has 1 saturated heterocycles. The van der Waals surface area contributed by atoms with Crippen molar-refractivity contribution < 1.29 is 19.1 Å². The summed E-state index contributed by atoms with van der Waals surface area (Å²) < 4.78 is 11.3. The Kier molecular flexibility index (Phi) is 10.2. The van der Waals surface area contributed by atoms with Gasteiger partial charge in [-0.25, -0.2) is 4.99 Å². The number of fused-ring (bicyclic) bond motifs is 1. The number of benzene rings is 1. The topological polar surface area (TPSA) is 101 Å². The van der Waals surface area contributed by atoms with Crippen molar-refractivity contribution in [3.05, 3.63) is 23.8 Å². The first-order valence-corrected chi connectivity index (χ1v) is 12.5. The summed E-state index contributed by atoms with van der Waals surface area (Å²) in [7, 11) is 1.93. The summed E-state index contributed by atoms with van der Waals surface area (Å²) in [5, 5.41) is 0. The van der Waals surface area contributed by atoms with Crippen molar-refractivity contribution in [1.29, 1.82) is 0 Å². The number of carbonyl (C=O) groups is 2. The molecule has 0 bridgehead atoms. The molecule has 194 valence electrons. The number of amides is 2. The predicted octanol–water partition coefficient (Wildman–Crippen LogP) is 2.84. The van der Waals surface area contributed by atoms with Crippen LogP contribution in [0.1, 0.15) is 50.5 Å². The summed E-state index contributed by atoms with van der Waals surface area (Å²) in [6.45, 7) is 3.53. The fourth-order valence-corrected chi connectivity index (χ4v) is 4.84.